The van der Waals surface area contributed by atoms with Crippen LogP contribution in [0.2, 0.25) is 0 Å². The van der Waals surface area contributed by atoms with Crippen LogP contribution in [0.5, 0.6) is 0 Å². The van der Waals surface area contributed by atoms with E-state index in [-0.39, 0.29) is 10.9 Å². The van der Waals surface area contributed by atoms with Crippen LogP contribution in [0.25, 0.3) is 10.9 Å². The molecule has 2 heterocycles. The molecular formula is C16H17F3N2O. The average molecular weight is 310 g/mol. The molecule has 0 spiro atoms. The second kappa shape index (κ2) is 5.04. The van der Waals surface area contributed by atoms with Crippen molar-refractivity contribution >= 4 is 16.6 Å². The van der Waals surface area contributed by atoms with Gasteiger partial charge in [-0.15, -0.1) is 0 Å². The van der Waals surface area contributed by atoms with Gasteiger partial charge in [0.25, 0.3) is 0 Å². The maximum absolute atomic E-state index is 13.2. The van der Waals surface area contributed by atoms with Crippen molar-refractivity contribution in [3.8, 4) is 0 Å². The van der Waals surface area contributed by atoms with Crippen LogP contribution in [0.15, 0.2) is 29.1 Å². The average Bonchev–Trinajstić information content (AvgIpc) is 2.76. The Morgan fingerprint density at radius 1 is 1.14 bits per heavy atom. The lowest BCUT2D eigenvalue weighted by atomic mass is 10.1. The highest BCUT2D eigenvalue weighted by atomic mass is 19.4. The summed E-state index contributed by atoms with van der Waals surface area (Å²) in [7, 11) is 0. The van der Waals surface area contributed by atoms with Crippen molar-refractivity contribution < 1.29 is 13.2 Å². The number of pyridine rings is 1. The van der Waals surface area contributed by atoms with Gasteiger partial charge in [-0.05, 0) is 44.9 Å². The van der Waals surface area contributed by atoms with Gasteiger partial charge in [0, 0.05) is 34.7 Å². The van der Waals surface area contributed by atoms with Gasteiger partial charge in [0.2, 0.25) is 5.56 Å². The van der Waals surface area contributed by atoms with E-state index in [2.05, 4.69) is 23.7 Å². The van der Waals surface area contributed by atoms with Gasteiger partial charge in [-0.1, -0.05) is 0 Å². The van der Waals surface area contributed by atoms with Gasteiger partial charge in [0.15, 0.2) is 0 Å². The number of rotatable bonds is 1. The smallest absolute Gasteiger partial charge is 0.366 e. The second-order valence-corrected chi connectivity index (χ2v) is 5.96. The first-order valence-corrected chi connectivity index (χ1v) is 7.30. The lowest BCUT2D eigenvalue weighted by Gasteiger charge is -2.29. The molecule has 1 fully saturated rings. The third-order valence-electron chi connectivity index (χ3n) is 4.38. The van der Waals surface area contributed by atoms with Crippen LogP contribution in [0.3, 0.4) is 0 Å². The van der Waals surface area contributed by atoms with Crippen LogP contribution in [-0.2, 0) is 6.18 Å². The number of aromatic amines is 1. The Labute approximate surface area is 125 Å². The molecule has 2 atom stereocenters. The summed E-state index contributed by atoms with van der Waals surface area (Å²) >= 11 is 0. The fourth-order valence-electron chi connectivity index (χ4n) is 3.34. The van der Waals surface area contributed by atoms with Gasteiger partial charge in [0.1, 0.15) is 0 Å². The highest BCUT2D eigenvalue weighted by Gasteiger charge is 2.34. The zero-order valence-electron chi connectivity index (χ0n) is 12.4. The van der Waals surface area contributed by atoms with Crippen LogP contribution in [0, 0.1) is 0 Å². The molecular weight excluding hydrogens is 293 g/mol. The minimum atomic E-state index is -4.55. The minimum absolute atomic E-state index is 0.0379. The van der Waals surface area contributed by atoms with Gasteiger partial charge in [-0.25, -0.2) is 0 Å². The fourth-order valence-corrected chi connectivity index (χ4v) is 3.34. The molecule has 0 bridgehead atoms. The number of fused-ring (bicyclic) bond motifs is 1. The number of H-pyrrole nitrogens is 1. The first-order valence-electron chi connectivity index (χ1n) is 7.30. The van der Waals surface area contributed by atoms with Crippen molar-refractivity contribution in [3.63, 3.8) is 0 Å². The Bertz CT molecular complexity index is 756. The van der Waals surface area contributed by atoms with Gasteiger partial charge in [0.05, 0.1) is 5.56 Å². The summed E-state index contributed by atoms with van der Waals surface area (Å²) in [6.07, 6.45) is -2.50. The van der Waals surface area contributed by atoms with Crippen molar-refractivity contribution in [1.82, 2.24) is 4.98 Å². The van der Waals surface area contributed by atoms with Crippen LogP contribution < -0.4 is 10.5 Å². The lowest BCUT2D eigenvalue weighted by Crippen LogP contribution is -2.32. The molecule has 0 saturated carbocycles. The Kier molecular flexibility index (Phi) is 3.42. The van der Waals surface area contributed by atoms with Gasteiger partial charge < -0.3 is 9.88 Å². The molecule has 6 heteroatoms. The van der Waals surface area contributed by atoms with E-state index >= 15 is 0 Å². The third kappa shape index (κ3) is 2.46. The van der Waals surface area contributed by atoms with E-state index in [1.807, 2.05) is 0 Å². The first kappa shape index (κ1) is 14.9. The molecule has 1 aliphatic heterocycles. The zero-order valence-corrected chi connectivity index (χ0v) is 12.4. The molecule has 3 nitrogen and oxygen atoms in total. The van der Waals surface area contributed by atoms with Crippen molar-refractivity contribution in [3.05, 3.63) is 40.2 Å². The standard InChI is InChI=1S/C16H17F3N2O/c1-9-3-4-10(2)21(9)11-5-6-14-12(7-11)13(16(17,18)19)8-15(22)20-14/h5-10H,3-4H2,1-2H3,(H,20,22)/t9-,10+. The highest BCUT2D eigenvalue weighted by Crippen LogP contribution is 2.37. The molecule has 3 rings (SSSR count). The molecule has 1 N–H and O–H groups in total. The third-order valence-corrected chi connectivity index (χ3v) is 4.38. The molecule has 1 aromatic heterocycles. The second-order valence-electron chi connectivity index (χ2n) is 5.96. The quantitative estimate of drug-likeness (QED) is 0.866. The molecule has 0 radical (unpaired) electrons. The number of benzene rings is 1. The summed E-state index contributed by atoms with van der Waals surface area (Å²) < 4.78 is 39.6. The molecule has 1 aliphatic rings. The fraction of sp³-hybridized carbons (Fsp3) is 0.438. The minimum Gasteiger partial charge on any atom is -0.366 e. The van der Waals surface area contributed by atoms with Crippen LogP contribution in [0.4, 0.5) is 18.9 Å². The lowest BCUT2D eigenvalue weighted by molar-refractivity contribution is -0.136. The summed E-state index contributed by atoms with van der Waals surface area (Å²) in [5, 5.41) is 0.0379. The topological polar surface area (TPSA) is 36.1 Å². The number of hydrogen-bond acceptors (Lipinski definition) is 2. The highest BCUT2D eigenvalue weighted by molar-refractivity contribution is 5.86. The monoisotopic (exact) mass is 310 g/mol. The molecule has 0 aliphatic carbocycles. The van der Waals surface area contributed by atoms with E-state index in [0.717, 1.165) is 18.5 Å². The van der Waals surface area contributed by atoms with Crippen LogP contribution in [-0.4, -0.2) is 17.1 Å². The summed E-state index contributed by atoms with van der Waals surface area (Å²) in [5.41, 5.74) is -0.645. The van der Waals surface area contributed by atoms with Crippen LogP contribution in [0.1, 0.15) is 32.3 Å². The predicted molar refractivity (Wildman–Crippen MR) is 80.2 cm³/mol. The van der Waals surface area contributed by atoms with Crippen molar-refractivity contribution in [2.24, 2.45) is 0 Å². The van der Waals surface area contributed by atoms with Crippen molar-refractivity contribution in [1.29, 1.82) is 0 Å². The number of hydrogen-bond donors (Lipinski definition) is 1. The Balaban J connectivity index is 2.21. The Morgan fingerprint density at radius 3 is 2.36 bits per heavy atom. The summed E-state index contributed by atoms with van der Waals surface area (Å²) in [6.45, 7) is 4.15. The van der Waals surface area contributed by atoms with E-state index in [4.69, 9.17) is 0 Å². The van der Waals surface area contributed by atoms with Gasteiger partial charge >= 0.3 is 6.18 Å². The first-order chi connectivity index (χ1) is 10.3. The summed E-state index contributed by atoms with van der Waals surface area (Å²) in [4.78, 5) is 16.0. The van der Waals surface area contributed by atoms with Gasteiger partial charge in [-0.3, -0.25) is 4.79 Å². The summed E-state index contributed by atoms with van der Waals surface area (Å²) in [5.74, 6) is 0. The van der Waals surface area contributed by atoms with E-state index in [1.165, 1.54) is 6.07 Å². The number of anilines is 1. The van der Waals surface area contributed by atoms with E-state index in [9.17, 15) is 18.0 Å². The van der Waals surface area contributed by atoms with Crippen LogP contribution >= 0.6 is 0 Å². The molecule has 118 valence electrons. The molecule has 1 aromatic carbocycles. The van der Waals surface area contributed by atoms with E-state index in [0.29, 0.717) is 18.2 Å². The van der Waals surface area contributed by atoms with Crippen molar-refractivity contribution in [2.75, 3.05) is 4.90 Å². The molecule has 0 amide bonds. The summed E-state index contributed by atoms with van der Waals surface area (Å²) in [6, 6.07) is 6.08. The zero-order chi connectivity index (χ0) is 16.1. The van der Waals surface area contributed by atoms with Gasteiger partial charge in [-0.2, -0.15) is 13.2 Å². The molecule has 1 saturated heterocycles. The number of aromatic nitrogens is 1. The maximum Gasteiger partial charge on any atom is 0.417 e. The van der Waals surface area contributed by atoms with E-state index < -0.39 is 17.3 Å². The number of nitrogens with zero attached hydrogens (tertiary/aromatic N) is 1. The Morgan fingerprint density at radius 2 is 1.77 bits per heavy atom. The largest absolute Gasteiger partial charge is 0.417 e. The van der Waals surface area contributed by atoms with Crippen molar-refractivity contribution in [2.45, 2.75) is 44.9 Å². The molecule has 2 aromatic rings. The molecule has 22 heavy (non-hydrogen) atoms. The number of nitrogens with one attached hydrogen (secondary N) is 1. The predicted octanol–water partition coefficient (Wildman–Crippen LogP) is 3.92. The SMILES string of the molecule is C[C@@H]1CC[C@H](C)N1c1ccc2[nH]c(=O)cc(C(F)(F)F)c2c1. The molecule has 0 unspecified atom stereocenters. The normalized spacial score (nSPS) is 22.5. The number of halogens is 3. The maximum atomic E-state index is 13.2. The Hall–Kier alpha value is -1.98. The van der Waals surface area contributed by atoms with E-state index in [1.54, 1.807) is 12.1 Å². The number of alkyl halides is 3.